The fraction of sp³-hybridized carbons (Fsp3) is 0.0556. The highest BCUT2D eigenvalue weighted by molar-refractivity contribution is 7.86. The summed E-state index contributed by atoms with van der Waals surface area (Å²) in [5.74, 6) is -0.962. The number of carbonyl (C=O) groups is 1. The van der Waals surface area contributed by atoms with E-state index in [-0.39, 0.29) is 5.91 Å². The van der Waals surface area contributed by atoms with Gasteiger partial charge in [-0.05, 0) is 54.1 Å². The molecular formula is C18H16N2O5S. The Bertz CT molecular complexity index is 1140. The summed E-state index contributed by atoms with van der Waals surface area (Å²) in [4.78, 5) is 11.8. The zero-order chi connectivity index (χ0) is 19.1. The van der Waals surface area contributed by atoms with Crippen molar-refractivity contribution in [2.45, 2.75) is 11.8 Å². The molecule has 0 spiro atoms. The van der Waals surface area contributed by atoms with Crippen LogP contribution in [0.4, 0.5) is 11.4 Å². The molecule has 0 heterocycles. The predicted octanol–water partition coefficient (Wildman–Crippen LogP) is 2.94. The Kier molecular flexibility index (Phi) is 4.31. The van der Waals surface area contributed by atoms with Gasteiger partial charge in [-0.15, -0.1) is 0 Å². The SMILES string of the molecule is Cc1ccc(N)c(C(=O)Nc2ccc3cc(S(=O)(=O)O)c(O)cc3c2)c1. The van der Waals surface area contributed by atoms with Crippen LogP contribution >= 0.6 is 0 Å². The van der Waals surface area contributed by atoms with E-state index in [9.17, 15) is 18.3 Å². The number of amides is 1. The van der Waals surface area contributed by atoms with E-state index in [0.717, 1.165) is 11.6 Å². The third-order valence-corrected chi connectivity index (χ3v) is 4.79. The van der Waals surface area contributed by atoms with Crippen LogP contribution in [0.5, 0.6) is 5.75 Å². The summed E-state index contributed by atoms with van der Waals surface area (Å²) in [6.45, 7) is 1.85. The standard InChI is InChI=1S/C18H16N2O5S/c1-10-2-5-15(19)14(6-10)18(22)20-13-4-3-11-9-17(26(23,24)25)16(21)8-12(11)7-13/h2-9,21H,19H2,1H3,(H,20,22)(H,23,24,25). The fourth-order valence-electron chi connectivity index (χ4n) is 2.61. The number of nitrogen functional groups attached to an aromatic ring is 1. The minimum Gasteiger partial charge on any atom is -0.506 e. The molecule has 0 aliphatic heterocycles. The molecule has 0 aromatic heterocycles. The van der Waals surface area contributed by atoms with Gasteiger partial charge in [0.25, 0.3) is 16.0 Å². The lowest BCUT2D eigenvalue weighted by molar-refractivity contribution is 0.102. The number of anilines is 2. The van der Waals surface area contributed by atoms with Gasteiger partial charge in [0.05, 0.1) is 5.56 Å². The van der Waals surface area contributed by atoms with Crippen molar-refractivity contribution in [3.8, 4) is 5.75 Å². The van der Waals surface area contributed by atoms with Crippen LogP contribution in [0, 0.1) is 6.92 Å². The van der Waals surface area contributed by atoms with Crippen molar-refractivity contribution in [2.24, 2.45) is 0 Å². The van der Waals surface area contributed by atoms with Gasteiger partial charge >= 0.3 is 0 Å². The largest absolute Gasteiger partial charge is 0.506 e. The van der Waals surface area contributed by atoms with Crippen LogP contribution in [0.1, 0.15) is 15.9 Å². The van der Waals surface area contributed by atoms with E-state index in [1.54, 1.807) is 36.4 Å². The monoisotopic (exact) mass is 372 g/mol. The summed E-state index contributed by atoms with van der Waals surface area (Å²) >= 11 is 0. The lowest BCUT2D eigenvalue weighted by Gasteiger charge is -2.10. The molecule has 3 rings (SSSR count). The van der Waals surface area contributed by atoms with Crippen molar-refractivity contribution in [2.75, 3.05) is 11.1 Å². The third-order valence-electron chi connectivity index (χ3n) is 3.91. The molecule has 0 fully saturated rings. The van der Waals surface area contributed by atoms with E-state index in [0.29, 0.717) is 27.7 Å². The summed E-state index contributed by atoms with van der Waals surface area (Å²) in [7, 11) is -4.53. The van der Waals surface area contributed by atoms with E-state index in [4.69, 9.17) is 10.3 Å². The van der Waals surface area contributed by atoms with Crippen molar-refractivity contribution < 1.29 is 22.9 Å². The molecule has 8 heteroatoms. The van der Waals surface area contributed by atoms with E-state index in [1.165, 1.54) is 6.07 Å². The highest BCUT2D eigenvalue weighted by Gasteiger charge is 2.17. The quantitative estimate of drug-likeness (QED) is 0.413. The van der Waals surface area contributed by atoms with E-state index < -0.39 is 20.8 Å². The number of fused-ring (bicyclic) bond motifs is 1. The van der Waals surface area contributed by atoms with Gasteiger partial charge in [0, 0.05) is 11.4 Å². The van der Waals surface area contributed by atoms with Crippen molar-refractivity contribution in [1.82, 2.24) is 0 Å². The van der Waals surface area contributed by atoms with Gasteiger partial charge in [0.1, 0.15) is 10.6 Å². The van der Waals surface area contributed by atoms with Crippen LogP contribution in [0.3, 0.4) is 0 Å². The first-order valence-corrected chi connectivity index (χ1v) is 9.01. The minimum absolute atomic E-state index is 0.342. The van der Waals surface area contributed by atoms with E-state index in [2.05, 4.69) is 5.32 Å². The first-order valence-electron chi connectivity index (χ1n) is 7.57. The Morgan fingerprint density at radius 2 is 1.77 bits per heavy atom. The van der Waals surface area contributed by atoms with Crippen LogP contribution in [0.25, 0.3) is 10.8 Å². The third kappa shape index (κ3) is 3.46. The number of carbonyl (C=O) groups excluding carboxylic acids is 1. The smallest absolute Gasteiger partial charge is 0.298 e. The number of nitrogens with one attached hydrogen (secondary N) is 1. The zero-order valence-corrected chi connectivity index (χ0v) is 14.5. The number of phenolic OH excluding ortho intramolecular Hbond substituents is 1. The highest BCUT2D eigenvalue weighted by atomic mass is 32.2. The molecule has 0 saturated heterocycles. The molecule has 7 nitrogen and oxygen atoms in total. The maximum Gasteiger partial charge on any atom is 0.298 e. The number of phenols is 1. The van der Waals surface area contributed by atoms with Crippen LogP contribution in [0.15, 0.2) is 53.4 Å². The second-order valence-corrected chi connectivity index (χ2v) is 7.29. The Morgan fingerprint density at radius 1 is 1.04 bits per heavy atom. The number of hydrogen-bond acceptors (Lipinski definition) is 5. The number of rotatable bonds is 3. The van der Waals surface area contributed by atoms with Gasteiger partial charge in [-0.25, -0.2) is 0 Å². The number of nitrogens with two attached hydrogens (primary N) is 1. The first-order chi connectivity index (χ1) is 12.1. The fourth-order valence-corrected chi connectivity index (χ4v) is 3.21. The summed E-state index contributed by atoms with van der Waals surface area (Å²) < 4.78 is 31.6. The highest BCUT2D eigenvalue weighted by Crippen LogP contribution is 2.30. The molecule has 0 radical (unpaired) electrons. The topological polar surface area (TPSA) is 130 Å². The normalized spacial score (nSPS) is 11.5. The zero-order valence-electron chi connectivity index (χ0n) is 13.7. The van der Waals surface area contributed by atoms with Crippen LogP contribution in [-0.2, 0) is 10.1 Å². The molecule has 0 aliphatic carbocycles. The van der Waals surface area contributed by atoms with Crippen LogP contribution in [-0.4, -0.2) is 24.0 Å². The molecule has 0 aliphatic rings. The molecule has 5 N–H and O–H groups in total. The molecule has 134 valence electrons. The van der Waals surface area contributed by atoms with Crippen LogP contribution in [0.2, 0.25) is 0 Å². The van der Waals surface area contributed by atoms with Gasteiger partial charge in [-0.2, -0.15) is 8.42 Å². The summed E-state index contributed by atoms with van der Waals surface area (Å²) in [5.41, 5.74) is 7.87. The maximum absolute atomic E-state index is 12.4. The molecule has 0 saturated carbocycles. The summed E-state index contributed by atoms with van der Waals surface area (Å²) in [5, 5.41) is 13.5. The van der Waals surface area contributed by atoms with Crippen LogP contribution < -0.4 is 11.1 Å². The van der Waals surface area contributed by atoms with Crippen molar-refractivity contribution in [3.63, 3.8) is 0 Å². The first kappa shape index (κ1) is 17.7. The van der Waals surface area contributed by atoms with Gasteiger partial charge < -0.3 is 16.2 Å². The lowest BCUT2D eigenvalue weighted by Crippen LogP contribution is -2.14. The molecule has 0 atom stereocenters. The number of aryl methyl sites for hydroxylation is 1. The van der Waals surface area contributed by atoms with Gasteiger partial charge in [0.2, 0.25) is 0 Å². The Labute approximate surface area is 149 Å². The molecule has 26 heavy (non-hydrogen) atoms. The molecule has 0 unspecified atom stereocenters. The van der Waals surface area contributed by atoms with Gasteiger partial charge in [-0.1, -0.05) is 17.7 Å². The average Bonchev–Trinajstić information content (AvgIpc) is 2.55. The van der Waals surface area contributed by atoms with E-state index >= 15 is 0 Å². The summed E-state index contributed by atoms with van der Waals surface area (Å²) in [6.07, 6.45) is 0. The second-order valence-electron chi connectivity index (χ2n) is 5.90. The second kappa shape index (κ2) is 6.32. The van der Waals surface area contributed by atoms with E-state index in [1.807, 2.05) is 6.92 Å². The Hall–Kier alpha value is -3.10. The molecule has 0 bridgehead atoms. The molecule has 3 aromatic rings. The minimum atomic E-state index is -4.53. The summed E-state index contributed by atoms with van der Waals surface area (Å²) in [6, 6.07) is 12.2. The van der Waals surface area contributed by atoms with Crippen molar-refractivity contribution >= 4 is 38.2 Å². The molecule has 3 aromatic carbocycles. The maximum atomic E-state index is 12.4. The van der Waals surface area contributed by atoms with Gasteiger partial charge in [-0.3, -0.25) is 9.35 Å². The Morgan fingerprint density at radius 3 is 2.46 bits per heavy atom. The molecule has 1 amide bonds. The number of hydrogen-bond donors (Lipinski definition) is 4. The Balaban J connectivity index is 1.97. The van der Waals surface area contributed by atoms with Crippen molar-refractivity contribution in [3.05, 3.63) is 59.7 Å². The van der Waals surface area contributed by atoms with Crippen molar-refractivity contribution in [1.29, 1.82) is 0 Å². The average molecular weight is 372 g/mol. The predicted molar refractivity (Wildman–Crippen MR) is 99.0 cm³/mol. The lowest BCUT2D eigenvalue weighted by atomic mass is 10.1. The number of benzene rings is 3. The number of aromatic hydroxyl groups is 1. The van der Waals surface area contributed by atoms with Gasteiger partial charge in [0.15, 0.2) is 0 Å². The molecular weight excluding hydrogens is 356 g/mol.